The molecule has 4 nitrogen and oxygen atoms in total. The number of hydrogen-bond acceptors (Lipinski definition) is 2. The Morgan fingerprint density at radius 2 is 2.06 bits per heavy atom. The molecule has 0 bridgehead atoms. The van der Waals surface area contributed by atoms with Crippen LogP contribution in [0.15, 0.2) is 0 Å². The first-order chi connectivity index (χ1) is 7.32. The van der Waals surface area contributed by atoms with Crippen molar-refractivity contribution in [3.8, 4) is 0 Å². The molecule has 1 aliphatic carbocycles. The maximum Gasteiger partial charge on any atom is 0.433 e. The van der Waals surface area contributed by atoms with Gasteiger partial charge in [0.2, 0.25) is 0 Å². The van der Waals surface area contributed by atoms with Crippen molar-refractivity contribution in [1.82, 2.24) is 9.78 Å². The first-order valence-electron chi connectivity index (χ1n) is 4.69. The first kappa shape index (κ1) is 11.0. The highest BCUT2D eigenvalue weighted by molar-refractivity contribution is 5.91. The van der Waals surface area contributed by atoms with Crippen LogP contribution in [0.3, 0.4) is 0 Å². The smallest absolute Gasteiger partial charge is 0.433 e. The number of hydrogen-bond donors (Lipinski definition) is 1. The average Bonchev–Trinajstić information content (AvgIpc) is 2.87. The van der Waals surface area contributed by atoms with Gasteiger partial charge in [0.15, 0.2) is 5.69 Å². The molecule has 0 atom stereocenters. The normalized spacial score (nSPS) is 16.5. The summed E-state index contributed by atoms with van der Waals surface area (Å²) in [6, 6.07) is 0. The molecule has 1 aromatic heterocycles. The van der Waals surface area contributed by atoms with Gasteiger partial charge in [-0.2, -0.15) is 18.3 Å². The van der Waals surface area contributed by atoms with Crippen LogP contribution in [0.25, 0.3) is 0 Å². The molecule has 1 N–H and O–H groups in total. The molecular weight excluding hydrogens is 225 g/mol. The number of aromatic carboxylic acids is 1. The zero-order valence-corrected chi connectivity index (χ0v) is 8.38. The number of alkyl halides is 3. The van der Waals surface area contributed by atoms with Crippen molar-refractivity contribution in [2.24, 2.45) is 7.05 Å². The minimum atomic E-state index is -4.69. The van der Waals surface area contributed by atoms with E-state index in [2.05, 4.69) is 5.10 Å². The second-order valence-electron chi connectivity index (χ2n) is 3.81. The summed E-state index contributed by atoms with van der Waals surface area (Å²) in [6.45, 7) is 0. The third-order valence-electron chi connectivity index (χ3n) is 2.52. The number of halogens is 3. The van der Waals surface area contributed by atoms with E-state index in [1.165, 1.54) is 0 Å². The van der Waals surface area contributed by atoms with Crippen LogP contribution >= 0.6 is 0 Å². The van der Waals surface area contributed by atoms with Gasteiger partial charge in [-0.15, -0.1) is 0 Å². The summed E-state index contributed by atoms with van der Waals surface area (Å²) < 4.78 is 38.5. The van der Waals surface area contributed by atoms with E-state index in [9.17, 15) is 18.0 Å². The van der Waals surface area contributed by atoms with Crippen molar-refractivity contribution in [3.05, 3.63) is 17.0 Å². The van der Waals surface area contributed by atoms with E-state index in [-0.39, 0.29) is 11.6 Å². The summed E-state index contributed by atoms with van der Waals surface area (Å²) in [5.74, 6) is -1.70. The minimum Gasteiger partial charge on any atom is -0.478 e. The SMILES string of the molecule is Cn1nc(C2CC2)c(C(=O)O)c1C(F)(F)F. The average molecular weight is 234 g/mol. The van der Waals surface area contributed by atoms with Crippen molar-refractivity contribution in [2.75, 3.05) is 0 Å². The molecule has 0 unspecified atom stereocenters. The molecule has 16 heavy (non-hydrogen) atoms. The highest BCUT2D eigenvalue weighted by Gasteiger charge is 2.44. The molecule has 0 saturated heterocycles. The van der Waals surface area contributed by atoms with Gasteiger partial charge in [0, 0.05) is 13.0 Å². The lowest BCUT2D eigenvalue weighted by atomic mass is 10.1. The lowest BCUT2D eigenvalue weighted by Crippen LogP contribution is -2.16. The third kappa shape index (κ3) is 1.66. The zero-order valence-electron chi connectivity index (χ0n) is 8.38. The molecular formula is C9H9F3N2O2. The molecule has 0 aliphatic heterocycles. The fraction of sp³-hybridized carbons (Fsp3) is 0.556. The van der Waals surface area contributed by atoms with Gasteiger partial charge in [-0.1, -0.05) is 0 Å². The molecule has 1 saturated carbocycles. The number of carboxylic acids is 1. The predicted octanol–water partition coefficient (Wildman–Crippen LogP) is 2.01. The van der Waals surface area contributed by atoms with Crippen molar-refractivity contribution in [3.63, 3.8) is 0 Å². The standard InChI is InChI=1S/C9H9F3N2O2/c1-14-7(9(10,11)12)5(8(15)16)6(13-14)4-2-3-4/h4H,2-3H2,1H3,(H,15,16). The summed E-state index contributed by atoms with van der Waals surface area (Å²) in [6.07, 6.45) is -3.29. The lowest BCUT2D eigenvalue weighted by molar-refractivity contribution is -0.144. The molecule has 0 radical (unpaired) electrons. The van der Waals surface area contributed by atoms with Crippen molar-refractivity contribution < 1.29 is 23.1 Å². The van der Waals surface area contributed by atoms with Gasteiger partial charge in [0.25, 0.3) is 0 Å². The molecule has 1 aliphatic rings. The molecule has 0 spiro atoms. The number of carboxylic acid groups (broad SMARTS) is 1. The number of aryl methyl sites for hydroxylation is 1. The lowest BCUT2D eigenvalue weighted by Gasteiger charge is -2.07. The van der Waals surface area contributed by atoms with Gasteiger partial charge < -0.3 is 5.11 Å². The minimum absolute atomic E-state index is 0.0577. The fourth-order valence-electron chi connectivity index (χ4n) is 1.72. The quantitative estimate of drug-likeness (QED) is 0.851. The van der Waals surface area contributed by atoms with Gasteiger partial charge in [-0.05, 0) is 12.8 Å². The highest BCUT2D eigenvalue weighted by atomic mass is 19.4. The Kier molecular flexibility index (Phi) is 2.21. The van der Waals surface area contributed by atoms with Crippen molar-refractivity contribution in [1.29, 1.82) is 0 Å². The summed E-state index contributed by atoms with van der Waals surface area (Å²) in [7, 11) is 1.11. The van der Waals surface area contributed by atoms with Crippen molar-refractivity contribution in [2.45, 2.75) is 24.9 Å². The number of nitrogens with zero attached hydrogens (tertiary/aromatic N) is 2. The van der Waals surface area contributed by atoms with Crippen LogP contribution in [0.2, 0.25) is 0 Å². The molecule has 0 aromatic carbocycles. The topological polar surface area (TPSA) is 55.1 Å². The third-order valence-corrected chi connectivity index (χ3v) is 2.52. The molecule has 0 amide bonds. The monoisotopic (exact) mass is 234 g/mol. The van der Waals surface area contributed by atoms with Gasteiger partial charge in [-0.25, -0.2) is 4.79 Å². The molecule has 1 aromatic rings. The van der Waals surface area contributed by atoms with Crippen LogP contribution in [0, 0.1) is 0 Å². The highest BCUT2D eigenvalue weighted by Crippen LogP contribution is 2.44. The van der Waals surface area contributed by atoms with Crippen molar-refractivity contribution >= 4 is 5.97 Å². The summed E-state index contributed by atoms with van der Waals surface area (Å²) in [5, 5.41) is 12.5. The second kappa shape index (κ2) is 3.23. The molecule has 7 heteroatoms. The predicted molar refractivity (Wildman–Crippen MR) is 47.1 cm³/mol. The van der Waals surface area contributed by atoms with E-state index in [0.29, 0.717) is 17.5 Å². The molecule has 2 rings (SSSR count). The number of carbonyl (C=O) groups is 1. The molecule has 88 valence electrons. The Balaban J connectivity index is 2.62. The fourth-order valence-corrected chi connectivity index (χ4v) is 1.72. The number of aromatic nitrogens is 2. The summed E-state index contributed by atoms with van der Waals surface area (Å²) >= 11 is 0. The Morgan fingerprint density at radius 3 is 2.44 bits per heavy atom. The number of rotatable bonds is 2. The van der Waals surface area contributed by atoms with Crippen LogP contribution in [-0.4, -0.2) is 20.9 Å². The molecule has 1 heterocycles. The zero-order chi connectivity index (χ0) is 12.1. The van der Waals surface area contributed by atoms with Crippen LogP contribution in [0.4, 0.5) is 13.2 Å². The Labute approximate surface area is 88.7 Å². The van der Waals surface area contributed by atoms with Gasteiger partial charge in [0.1, 0.15) is 5.56 Å². The van der Waals surface area contributed by atoms with Crippen LogP contribution in [0.1, 0.15) is 40.5 Å². The second-order valence-corrected chi connectivity index (χ2v) is 3.81. The van der Waals surface area contributed by atoms with E-state index in [1.54, 1.807) is 0 Å². The van der Waals surface area contributed by atoms with E-state index >= 15 is 0 Å². The van der Waals surface area contributed by atoms with E-state index in [4.69, 9.17) is 5.11 Å². The largest absolute Gasteiger partial charge is 0.478 e. The Hall–Kier alpha value is -1.53. The summed E-state index contributed by atoms with van der Waals surface area (Å²) in [5.41, 5.74) is -1.82. The first-order valence-corrected chi connectivity index (χ1v) is 4.69. The molecule has 1 fully saturated rings. The summed E-state index contributed by atoms with van der Waals surface area (Å²) in [4.78, 5) is 10.9. The Morgan fingerprint density at radius 1 is 1.50 bits per heavy atom. The maximum absolute atomic E-state index is 12.6. The van der Waals surface area contributed by atoms with Gasteiger partial charge in [0.05, 0.1) is 5.69 Å². The van der Waals surface area contributed by atoms with Gasteiger partial charge in [-0.3, -0.25) is 4.68 Å². The van der Waals surface area contributed by atoms with Crippen LogP contribution < -0.4 is 0 Å². The Bertz CT molecular complexity index is 446. The van der Waals surface area contributed by atoms with E-state index < -0.39 is 23.4 Å². The van der Waals surface area contributed by atoms with Crippen LogP contribution in [0.5, 0.6) is 0 Å². The van der Waals surface area contributed by atoms with E-state index in [0.717, 1.165) is 7.05 Å². The maximum atomic E-state index is 12.6. The van der Waals surface area contributed by atoms with E-state index in [1.807, 2.05) is 0 Å². The van der Waals surface area contributed by atoms with Crippen LogP contribution in [-0.2, 0) is 13.2 Å². The van der Waals surface area contributed by atoms with Gasteiger partial charge >= 0.3 is 12.1 Å².